The molecule has 0 aromatic heterocycles. The fourth-order valence-electron chi connectivity index (χ4n) is 4.72. The molecule has 4 rings (SSSR count). The fourth-order valence-corrected chi connectivity index (χ4v) is 4.85. The monoisotopic (exact) mass is 532 g/mol. The van der Waals surface area contributed by atoms with Crippen LogP contribution in [-0.2, 0) is 16.2 Å². The molecule has 0 bridgehead atoms. The molecule has 1 atom stereocenters. The van der Waals surface area contributed by atoms with Gasteiger partial charge in [0.25, 0.3) is 11.7 Å². The van der Waals surface area contributed by atoms with Crippen molar-refractivity contribution in [2.75, 3.05) is 26.2 Å². The highest BCUT2D eigenvalue weighted by Gasteiger charge is 2.45. The Morgan fingerprint density at radius 3 is 2.32 bits per heavy atom. The predicted octanol–water partition coefficient (Wildman–Crippen LogP) is 5.99. The number of aliphatic hydroxyl groups excluding tert-OH is 1. The van der Waals surface area contributed by atoms with Crippen LogP contribution in [0.1, 0.15) is 42.1 Å². The van der Waals surface area contributed by atoms with Gasteiger partial charge in [-0.05, 0) is 67.5 Å². The van der Waals surface area contributed by atoms with Crippen molar-refractivity contribution in [1.29, 1.82) is 0 Å². The summed E-state index contributed by atoms with van der Waals surface area (Å²) in [6.45, 7) is 9.23. The van der Waals surface area contributed by atoms with Crippen molar-refractivity contribution in [3.05, 3.63) is 106 Å². The van der Waals surface area contributed by atoms with Crippen LogP contribution in [0.5, 0.6) is 5.75 Å². The number of ether oxygens (including phenoxy) is 1. The summed E-state index contributed by atoms with van der Waals surface area (Å²) in [6.07, 6.45) is 0. The molecule has 1 heterocycles. The first kappa shape index (κ1) is 27.4. The number of carbonyl (C=O) groups excluding carboxylic acids is 2. The lowest BCUT2D eigenvalue weighted by atomic mass is 9.95. The largest absolute Gasteiger partial charge is 0.507 e. The highest BCUT2D eigenvalue weighted by atomic mass is 35.5. The van der Waals surface area contributed by atoms with Crippen molar-refractivity contribution in [3.8, 4) is 5.75 Å². The zero-order valence-electron chi connectivity index (χ0n) is 22.0. The van der Waals surface area contributed by atoms with E-state index in [4.69, 9.17) is 16.3 Å². The van der Waals surface area contributed by atoms with Gasteiger partial charge in [-0.3, -0.25) is 9.59 Å². The van der Waals surface area contributed by atoms with Gasteiger partial charge >= 0.3 is 0 Å². The predicted molar refractivity (Wildman–Crippen MR) is 150 cm³/mol. The van der Waals surface area contributed by atoms with Gasteiger partial charge < -0.3 is 19.6 Å². The lowest BCUT2D eigenvalue weighted by molar-refractivity contribution is -0.140. The zero-order valence-corrected chi connectivity index (χ0v) is 22.7. The molecule has 7 heteroatoms. The molecule has 0 unspecified atom stereocenters. The van der Waals surface area contributed by atoms with E-state index in [1.807, 2.05) is 25.1 Å². The Kier molecular flexibility index (Phi) is 8.87. The average Bonchev–Trinajstić information content (AvgIpc) is 3.18. The Morgan fingerprint density at radius 1 is 1.00 bits per heavy atom. The topological polar surface area (TPSA) is 70.1 Å². The number of aryl methyl sites for hydroxylation is 1. The number of likely N-dealkylation sites (tertiary alicyclic amines) is 1. The number of halogens is 1. The smallest absolute Gasteiger partial charge is 0.295 e. The third kappa shape index (κ3) is 6.09. The van der Waals surface area contributed by atoms with E-state index in [2.05, 4.69) is 24.8 Å². The maximum Gasteiger partial charge on any atom is 0.295 e. The minimum absolute atomic E-state index is 0.0744. The first-order valence-corrected chi connectivity index (χ1v) is 13.2. The maximum absolute atomic E-state index is 13.2. The van der Waals surface area contributed by atoms with E-state index in [0.717, 1.165) is 24.2 Å². The number of rotatable bonds is 10. The summed E-state index contributed by atoms with van der Waals surface area (Å²) < 4.78 is 5.90. The van der Waals surface area contributed by atoms with E-state index in [9.17, 15) is 14.7 Å². The number of amides is 1. The summed E-state index contributed by atoms with van der Waals surface area (Å²) in [5.41, 5.74) is 3.45. The Morgan fingerprint density at radius 2 is 1.68 bits per heavy atom. The highest BCUT2D eigenvalue weighted by molar-refractivity contribution is 6.46. The molecule has 0 spiro atoms. The molecule has 1 fully saturated rings. The number of hydrogen-bond acceptors (Lipinski definition) is 5. The van der Waals surface area contributed by atoms with E-state index < -0.39 is 17.7 Å². The third-order valence-corrected chi connectivity index (χ3v) is 7.14. The van der Waals surface area contributed by atoms with Gasteiger partial charge in [0.2, 0.25) is 0 Å². The van der Waals surface area contributed by atoms with Gasteiger partial charge in [0.1, 0.15) is 18.1 Å². The number of Topliss-reactive ketones (excluding diaryl/α,β-unsaturated/α-hetero) is 1. The van der Waals surface area contributed by atoms with Crippen molar-refractivity contribution in [2.45, 2.75) is 33.4 Å². The Labute approximate surface area is 229 Å². The summed E-state index contributed by atoms with van der Waals surface area (Å²) in [5.74, 6) is -0.880. The van der Waals surface area contributed by atoms with Crippen molar-refractivity contribution in [1.82, 2.24) is 9.80 Å². The second kappa shape index (κ2) is 12.3. The lowest BCUT2D eigenvalue weighted by Gasteiger charge is -2.28. The van der Waals surface area contributed by atoms with Crippen molar-refractivity contribution >= 4 is 29.1 Å². The molecular weight excluding hydrogens is 500 g/mol. The Hall–Kier alpha value is -3.61. The van der Waals surface area contributed by atoms with Crippen LogP contribution in [0.4, 0.5) is 0 Å². The van der Waals surface area contributed by atoms with Crippen molar-refractivity contribution < 1.29 is 19.4 Å². The SMILES string of the molecule is CCN(CC)CCN1C(=O)C(=O)/C(=C(/O)c2ccc(OCc3cccc(C)c3)cc2)[C@@H]1c1ccc(Cl)cc1. The molecule has 3 aromatic rings. The molecular formula is C31H33ClN2O4. The number of aliphatic hydroxyl groups is 1. The van der Waals surface area contributed by atoms with Crippen LogP contribution in [0.15, 0.2) is 78.4 Å². The van der Waals surface area contributed by atoms with Gasteiger partial charge in [-0.25, -0.2) is 0 Å². The van der Waals surface area contributed by atoms with Gasteiger partial charge in [0.05, 0.1) is 11.6 Å². The number of nitrogens with zero attached hydrogens (tertiary/aromatic N) is 2. The molecule has 0 aliphatic carbocycles. The Balaban J connectivity index is 1.63. The lowest BCUT2D eigenvalue weighted by Crippen LogP contribution is -2.38. The molecule has 38 heavy (non-hydrogen) atoms. The van der Waals surface area contributed by atoms with E-state index in [1.165, 1.54) is 0 Å². The zero-order chi connectivity index (χ0) is 27.2. The van der Waals surface area contributed by atoms with Crippen molar-refractivity contribution in [2.24, 2.45) is 0 Å². The van der Waals surface area contributed by atoms with E-state index in [0.29, 0.717) is 41.6 Å². The van der Waals surface area contributed by atoms with E-state index >= 15 is 0 Å². The highest BCUT2D eigenvalue weighted by Crippen LogP contribution is 2.39. The summed E-state index contributed by atoms with van der Waals surface area (Å²) >= 11 is 6.11. The number of likely N-dealkylation sites (N-methyl/N-ethyl adjacent to an activating group) is 1. The standard InChI is InChI=1S/C31H33ClN2O4/c1-4-33(5-2)17-18-34-28(23-9-13-25(32)14-10-23)27(30(36)31(34)37)29(35)24-11-15-26(16-12-24)38-20-22-8-6-7-21(3)19-22/h6-16,19,28,35H,4-5,17-18,20H2,1-3H3/b29-27+/t28-/m0/s1. The molecule has 1 N–H and O–H groups in total. The van der Waals surface area contributed by atoms with Gasteiger partial charge in [0.15, 0.2) is 0 Å². The van der Waals surface area contributed by atoms with Crippen LogP contribution in [0.25, 0.3) is 5.76 Å². The quantitative estimate of drug-likeness (QED) is 0.197. The molecule has 0 saturated carbocycles. The van der Waals surface area contributed by atoms with Gasteiger partial charge in [0, 0.05) is 23.7 Å². The second-order valence-corrected chi connectivity index (χ2v) is 9.81. The minimum Gasteiger partial charge on any atom is -0.507 e. The normalized spacial score (nSPS) is 16.9. The molecule has 198 valence electrons. The molecule has 1 aliphatic rings. The van der Waals surface area contributed by atoms with Crippen LogP contribution in [-0.4, -0.2) is 52.8 Å². The minimum atomic E-state index is -0.708. The van der Waals surface area contributed by atoms with Gasteiger partial charge in [-0.15, -0.1) is 0 Å². The summed E-state index contributed by atoms with van der Waals surface area (Å²) in [5, 5.41) is 11.9. The number of ketones is 1. The van der Waals surface area contributed by atoms with Crippen LogP contribution >= 0.6 is 11.6 Å². The van der Waals surface area contributed by atoms with Crippen LogP contribution in [0, 0.1) is 6.92 Å². The van der Waals surface area contributed by atoms with E-state index in [1.54, 1.807) is 53.4 Å². The fraction of sp³-hybridized carbons (Fsp3) is 0.290. The molecule has 1 amide bonds. The van der Waals surface area contributed by atoms with Crippen LogP contribution in [0.3, 0.4) is 0 Å². The summed E-state index contributed by atoms with van der Waals surface area (Å²) in [7, 11) is 0. The van der Waals surface area contributed by atoms with Gasteiger partial charge in [-0.1, -0.05) is 67.4 Å². The van der Waals surface area contributed by atoms with Crippen molar-refractivity contribution in [3.63, 3.8) is 0 Å². The first-order chi connectivity index (χ1) is 18.3. The molecule has 1 saturated heterocycles. The Bertz CT molecular complexity index is 1310. The molecule has 6 nitrogen and oxygen atoms in total. The van der Waals surface area contributed by atoms with E-state index in [-0.39, 0.29) is 11.3 Å². The summed E-state index contributed by atoms with van der Waals surface area (Å²) in [4.78, 5) is 30.1. The third-order valence-electron chi connectivity index (χ3n) is 6.89. The maximum atomic E-state index is 13.2. The van der Waals surface area contributed by atoms with Crippen LogP contribution in [0.2, 0.25) is 5.02 Å². The molecule has 3 aromatic carbocycles. The molecule has 0 radical (unpaired) electrons. The first-order valence-electron chi connectivity index (χ1n) is 12.9. The molecule has 1 aliphatic heterocycles. The number of hydrogen-bond donors (Lipinski definition) is 1. The van der Waals surface area contributed by atoms with Gasteiger partial charge in [-0.2, -0.15) is 0 Å². The van der Waals surface area contributed by atoms with Crippen LogP contribution < -0.4 is 4.74 Å². The number of carbonyl (C=O) groups is 2. The number of benzene rings is 3. The average molecular weight is 533 g/mol. The second-order valence-electron chi connectivity index (χ2n) is 9.37. The summed E-state index contributed by atoms with van der Waals surface area (Å²) in [6, 6.07) is 21.3.